The standard InChI is InChI=1S/C15H19F2N5O2/c1-23-12-4-2-3-11(9-12)10-22-15(18-19-20-22)21-6-5-13(14(16)17)24-8-7-21/h2-4,9,13-14H,5-8,10H2,1H3. The van der Waals surface area contributed by atoms with Gasteiger partial charge in [-0.05, 0) is 34.5 Å². The van der Waals surface area contributed by atoms with Crippen molar-refractivity contribution < 1.29 is 18.3 Å². The lowest BCUT2D eigenvalue weighted by Gasteiger charge is -2.20. The molecule has 1 atom stereocenters. The molecule has 0 radical (unpaired) electrons. The summed E-state index contributed by atoms with van der Waals surface area (Å²) in [5.74, 6) is 1.31. The first-order valence-electron chi connectivity index (χ1n) is 7.71. The molecule has 1 fully saturated rings. The number of tetrazole rings is 1. The van der Waals surface area contributed by atoms with Gasteiger partial charge in [-0.15, -0.1) is 0 Å². The van der Waals surface area contributed by atoms with Crippen molar-refractivity contribution in [3.63, 3.8) is 0 Å². The van der Waals surface area contributed by atoms with E-state index in [9.17, 15) is 8.78 Å². The van der Waals surface area contributed by atoms with E-state index in [0.717, 1.165) is 11.3 Å². The number of hydrogen-bond donors (Lipinski definition) is 0. The number of aromatic nitrogens is 4. The Kier molecular flexibility index (Phi) is 5.19. The molecule has 130 valence electrons. The van der Waals surface area contributed by atoms with E-state index in [1.165, 1.54) is 0 Å². The van der Waals surface area contributed by atoms with Crippen LogP contribution in [-0.2, 0) is 11.3 Å². The van der Waals surface area contributed by atoms with Gasteiger partial charge >= 0.3 is 0 Å². The molecule has 0 amide bonds. The van der Waals surface area contributed by atoms with Crippen molar-refractivity contribution in [2.75, 3.05) is 31.7 Å². The SMILES string of the molecule is COc1cccc(Cn2nnnc2N2CCOC(C(F)F)CC2)c1. The summed E-state index contributed by atoms with van der Waals surface area (Å²) in [7, 11) is 1.61. The minimum atomic E-state index is -2.47. The summed E-state index contributed by atoms with van der Waals surface area (Å²) in [6.07, 6.45) is -3.26. The lowest BCUT2D eigenvalue weighted by Crippen LogP contribution is -2.29. The average Bonchev–Trinajstić information content (AvgIpc) is 2.89. The topological polar surface area (TPSA) is 65.3 Å². The van der Waals surface area contributed by atoms with Crippen LogP contribution in [0.1, 0.15) is 12.0 Å². The zero-order valence-electron chi connectivity index (χ0n) is 13.3. The van der Waals surface area contributed by atoms with Gasteiger partial charge in [0.15, 0.2) is 0 Å². The molecule has 9 heteroatoms. The molecule has 0 N–H and O–H groups in total. The molecule has 1 saturated heterocycles. The summed E-state index contributed by atoms with van der Waals surface area (Å²) < 4.78 is 37.7. The van der Waals surface area contributed by atoms with Gasteiger partial charge in [0.2, 0.25) is 5.95 Å². The number of hydrogen-bond acceptors (Lipinski definition) is 6. The molecule has 2 heterocycles. The summed E-state index contributed by atoms with van der Waals surface area (Å²) in [5, 5.41) is 11.8. The highest BCUT2D eigenvalue weighted by atomic mass is 19.3. The van der Waals surface area contributed by atoms with Crippen LogP contribution in [0.2, 0.25) is 0 Å². The Morgan fingerprint density at radius 3 is 3.04 bits per heavy atom. The molecule has 0 bridgehead atoms. The van der Waals surface area contributed by atoms with E-state index in [1.54, 1.807) is 11.8 Å². The molecule has 3 rings (SSSR count). The lowest BCUT2D eigenvalue weighted by atomic mass is 10.2. The molecule has 7 nitrogen and oxygen atoms in total. The molecule has 24 heavy (non-hydrogen) atoms. The first-order chi connectivity index (χ1) is 11.7. The first kappa shape index (κ1) is 16.6. The van der Waals surface area contributed by atoms with E-state index in [2.05, 4.69) is 15.5 Å². The van der Waals surface area contributed by atoms with E-state index in [0.29, 0.717) is 25.6 Å². The maximum Gasteiger partial charge on any atom is 0.264 e. The Hall–Kier alpha value is -2.29. The molecule has 1 aromatic heterocycles. The van der Waals surface area contributed by atoms with Crippen LogP contribution in [0.15, 0.2) is 24.3 Å². The number of benzene rings is 1. The summed E-state index contributed by atoms with van der Waals surface area (Å²) >= 11 is 0. The molecular formula is C15H19F2N5O2. The predicted molar refractivity (Wildman–Crippen MR) is 82.5 cm³/mol. The third-order valence-corrected chi connectivity index (χ3v) is 3.92. The molecule has 1 aliphatic rings. The fourth-order valence-corrected chi connectivity index (χ4v) is 2.66. The van der Waals surface area contributed by atoms with Crippen LogP contribution < -0.4 is 9.64 Å². The Morgan fingerprint density at radius 1 is 1.38 bits per heavy atom. The van der Waals surface area contributed by atoms with Crippen LogP contribution in [0.4, 0.5) is 14.7 Å². The van der Waals surface area contributed by atoms with Gasteiger partial charge in [-0.3, -0.25) is 0 Å². The van der Waals surface area contributed by atoms with Gasteiger partial charge in [-0.2, -0.15) is 0 Å². The average molecular weight is 339 g/mol. The quantitative estimate of drug-likeness (QED) is 0.824. The van der Waals surface area contributed by atoms with Crippen molar-refractivity contribution in [3.05, 3.63) is 29.8 Å². The third kappa shape index (κ3) is 3.78. The molecule has 1 aromatic carbocycles. The molecule has 1 aliphatic heterocycles. The Balaban J connectivity index is 1.73. The highest BCUT2D eigenvalue weighted by Gasteiger charge is 2.27. The predicted octanol–water partition coefficient (Wildman–Crippen LogP) is 1.59. The van der Waals surface area contributed by atoms with E-state index in [1.807, 2.05) is 29.2 Å². The Bertz CT molecular complexity index is 667. The van der Waals surface area contributed by atoms with Crippen molar-refractivity contribution in [3.8, 4) is 5.75 Å². The minimum Gasteiger partial charge on any atom is -0.497 e. The van der Waals surface area contributed by atoms with E-state index >= 15 is 0 Å². The molecule has 1 unspecified atom stereocenters. The highest BCUT2D eigenvalue weighted by molar-refractivity contribution is 5.32. The van der Waals surface area contributed by atoms with Gasteiger partial charge in [0.1, 0.15) is 11.9 Å². The number of anilines is 1. The fraction of sp³-hybridized carbons (Fsp3) is 0.533. The smallest absolute Gasteiger partial charge is 0.264 e. The lowest BCUT2D eigenvalue weighted by molar-refractivity contribution is -0.0493. The zero-order valence-corrected chi connectivity index (χ0v) is 13.3. The van der Waals surface area contributed by atoms with E-state index in [4.69, 9.17) is 9.47 Å². The van der Waals surface area contributed by atoms with Gasteiger partial charge < -0.3 is 14.4 Å². The molecule has 0 aliphatic carbocycles. The Morgan fingerprint density at radius 2 is 2.25 bits per heavy atom. The first-order valence-corrected chi connectivity index (χ1v) is 7.71. The van der Waals surface area contributed by atoms with Gasteiger partial charge in [-0.25, -0.2) is 13.5 Å². The van der Waals surface area contributed by atoms with Crippen molar-refractivity contribution in [2.45, 2.75) is 25.5 Å². The van der Waals surface area contributed by atoms with Crippen LogP contribution in [0.25, 0.3) is 0 Å². The monoisotopic (exact) mass is 339 g/mol. The number of alkyl halides is 2. The summed E-state index contributed by atoms with van der Waals surface area (Å²) in [6, 6.07) is 7.61. The number of halogens is 2. The largest absolute Gasteiger partial charge is 0.497 e. The van der Waals surface area contributed by atoms with Crippen LogP contribution in [-0.4, -0.2) is 59.5 Å². The van der Waals surface area contributed by atoms with Crippen LogP contribution >= 0.6 is 0 Å². The molecule has 2 aromatic rings. The summed E-state index contributed by atoms with van der Waals surface area (Å²) in [6.45, 7) is 1.59. The Labute approximate surface area is 138 Å². The van der Waals surface area contributed by atoms with Crippen molar-refractivity contribution in [1.29, 1.82) is 0 Å². The van der Waals surface area contributed by atoms with Crippen LogP contribution in [0.5, 0.6) is 5.75 Å². The van der Waals surface area contributed by atoms with Crippen LogP contribution in [0.3, 0.4) is 0 Å². The van der Waals surface area contributed by atoms with Gasteiger partial charge in [0, 0.05) is 13.1 Å². The zero-order chi connectivity index (χ0) is 16.9. The minimum absolute atomic E-state index is 0.223. The second-order valence-electron chi connectivity index (χ2n) is 5.51. The highest BCUT2D eigenvalue weighted by Crippen LogP contribution is 2.19. The fourth-order valence-electron chi connectivity index (χ4n) is 2.66. The number of methoxy groups -OCH3 is 1. The second kappa shape index (κ2) is 7.52. The van der Waals surface area contributed by atoms with Crippen LogP contribution in [0, 0.1) is 0 Å². The normalized spacial score (nSPS) is 18.7. The summed E-state index contributed by atoms with van der Waals surface area (Å²) in [5.41, 5.74) is 0.986. The second-order valence-corrected chi connectivity index (χ2v) is 5.51. The van der Waals surface area contributed by atoms with Gasteiger partial charge in [0.25, 0.3) is 6.43 Å². The van der Waals surface area contributed by atoms with Crippen molar-refractivity contribution in [2.24, 2.45) is 0 Å². The van der Waals surface area contributed by atoms with Crippen molar-refractivity contribution >= 4 is 5.95 Å². The maximum atomic E-state index is 12.8. The number of ether oxygens (including phenoxy) is 2. The number of nitrogens with zero attached hydrogens (tertiary/aromatic N) is 5. The third-order valence-electron chi connectivity index (χ3n) is 3.92. The molecule has 0 spiro atoms. The van der Waals surface area contributed by atoms with E-state index < -0.39 is 12.5 Å². The maximum absolute atomic E-state index is 12.8. The van der Waals surface area contributed by atoms with Gasteiger partial charge in [0.05, 0.1) is 20.3 Å². The number of rotatable bonds is 5. The van der Waals surface area contributed by atoms with E-state index in [-0.39, 0.29) is 13.0 Å². The van der Waals surface area contributed by atoms with Gasteiger partial charge in [-0.1, -0.05) is 17.2 Å². The van der Waals surface area contributed by atoms with Crippen molar-refractivity contribution in [1.82, 2.24) is 20.2 Å². The summed E-state index contributed by atoms with van der Waals surface area (Å²) in [4.78, 5) is 1.88. The molecule has 0 saturated carbocycles. The molecular weight excluding hydrogens is 320 g/mol.